The van der Waals surface area contributed by atoms with Gasteiger partial charge in [-0.1, -0.05) is 49.2 Å². The maximum absolute atomic E-state index is 13.6. The molecule has 2 heterocycles. The van der Waals surface area contributed by atoms with E-state index in [4.69, 9.17) is 21.1 Å². The second-order valence-electron chi connectivity index (χ2n) is 11.9. The number of para-hydroxylation sites is 1. The van der Waals surface area contributed by atoms with E-state index in [0.717, 1.165) is 72.8 Å². The number of piperazine rings is 1. The van der Waals surface area contributed by atoms with Crippen LogP contribution in [0.2, 0.25) is 5.02 Å². The van der Waals surface area contributed by atoms with E-state index < -0.39 is 0 Å². The Morgan fingerprint density at radius 3 is 2.39 bits per heavy atom. The third kappa shape index (κ3) is 7.71. The van der Waals surface area contributed by atoms with Crippen molar-refractivity contribution in [2.45, 2.75) is 53.5 Å². The van der Waals surface area contributed by atoms with Crippen LogP contribution in [0.1, 0.15) is 54.2 Å². The summed E-state index contributed by atoms with van der Waals surface area (Å²) in [4.78, 5) is 27.6. The quantitative estimate of drug-likeness (QED) is 0.170. The Labute approximate surface area is 276 Å². The fourth-order valence-corrected chi connectivity index (χ4v) is 5.95. The van der Waals surface area contributed by atoms with Crippen LogP contribution in [-0.4, -0.2) is 60.1 Å². The first-order chi connectivity index (χ1) is 22.2. The van der Waals surface area contributed by atoms with Gasteiger partial charge in [0, 0.05) is 49.8 Å². The number of aromatic nitrogens is 2. The van der Waals surface area contributed by atoms with Crippen molar-refractivity contribution in [3.05, 3.63) is 88.1 Å². The normalized spacial score (nSPS) is 13.5. The highest BCUT2D eigenvalue weighted by Crippen LogP contribution is 2.35. The van der Waals surface area contributed by atoms with Gasteiger partial charge < -0.3 is 25.0 Å². The third-order valence-electron chi connectivity index (χ3n) is 8.28. The minimum Gasteiger partial charge on any atom is -0.493 e. The summed E-state index contributed by atoms with van der Waals surface area (Å²) in [6, 6.07) is 18.0. The molecule has 1 aromatic heterocycles. The minimum absolute atomic E-state index is 0.0912. The third-order valence-corrected chi connectivity index (χ3v) is 8.58. The Bertz CT molecular complexity index is 1670. The molecule has 1 aliphatic heterocycles. The highest BCUT2D eigenvalue weighted by molar-refractivity contribution is 6.33. The first-order valence-corrected chi connectivity index (χ1v) is 16.2. The van der Waals surface area contributed by atoms with E-state index >= 15 is 0 Å². The number of amides is 1. The van der Waals surface area contributed by atoms with Gasteiger partial charge in [0.25, 0.3) is 5.91 Å². The van der Waals surface area contributed by atoms with Crippen molar-refractivity contribution in [2.24, 2.45) is 0 Å². The van der Waals surface area contributed by atoms with Crippen LogP contribution in [0.3, 0.4) is 0 Å². The van der Waals surface area contributed by atoms with E-state index in [1.165, 1.54) is 6.20 Å². The average molecular weight is 643 g/mol. The fraction of sp³-hybridized carbons (Fsp3) is 0.361. The zero-order chi connectivity index (χ0) is 32.8. The molecular formula is C36H43ClN6O3. The molecule has 0 radical (unpaired) electrons. The number of halogens is 1. The average Bonchev–Trinajstić information content (AvgIpc) is 3.04. The Morgan fingerprint density at radius 1 is 1.00 bits per heavy atom. The van der Waals surface area contributed by atoms with E-state index in [1.807, 2.05) is 68.4 Å². The molecule has 5 rings (SSSR count). The smallest absolute Gasteiger partial charge is 0.262 e. The Morgan fingerprint density at radius 2 is 1.74 bits per heavy atom. The lowest BCUT2D eigenvalue weighted by molar-refractivity contribution is 0.102. The molecule has 0 aliphatic carbocycles. The number of anilines is 4. The highest BCUT2D eigenvalue weighted by Gasteiger charge is 2.22. The minimum atomic E-state index is -0.384. The molecule has 0 atom stereocenters. The zero-order valence-corrected chi connectivity index (χ0v) is 28.2. The number of ether oxygens (including phenoxy) is 2. The second-order valence-corrected chi connectivity index (χ2v) is 12.3. The van der Waals surface area contributed by atoms with E-state index in [2.05, 4.69) is 51.2 Å². The summed E-state index contributed by atoms with van der Waals surface area (Å²) in [5.41, 5.74) is 5.67. The summed E-state index contributed by atoms with van der Waals surface area (Å²) in [5, 5.41) is 6.90. The number of carbonyl (C=O) groups is 1. The molecule has 46 heavy (non-hydrogen) atoms. The van der Waals surface area contributed by atoms with Gasteiger partial charge in [0.05, 0.1) is 17.8 Å². The van der Waals surface area contributed by atoms with Gasteiger partial charge in [-0.3, -0.25) is 9.69 Å². The van der Waals surface area contributed by atoms with Gasteiger partial charge in [-0.25, -0.2) is 4.98 Å². The molecule has 3 aromatic carbocycles. The number of hydrogen-bond donors (Lipinski definition) is 2. The lowest BCUT2D eigenvalue weighted by atomic mass is 10.1. The summed E-state index contributed by atoms with van der Waals surface area (Å²) in [7, 11) is 1.59. The van der Waals surface area contributed by atoms with Crippen molar-refractivity contribution >= 4 is 40.5 Å². The highest BCUT2D eigenvalue weighted by atomic mass is 35.5. The lowest BCUT2D eigenvalue weighted by Crippen LogP contribution is -2.49. The fourth-order valence-electron chi connectivity index (χ4n) is 5.65. The summed E-state index contributed by atoms with van der Waals surface area (Å²) in [5.74, 6) is 0.961. The van der Waals surface area contributed by atoms with Crippen LogP contribution >= 0.6 is 11.6 Å². The summed E-state index contributed by atoms with van der Waals surface area (Å²) in [6.07, 6.45) is 3.39. The number of benzene rings is 3. The Hall–Kier alpha value is -4.34. The molecule has 1 amide bonds. The number of nitrogens with one attached hydrogen (secondary N) is 2. The SMILES string of the molecule is CCCc1ccc(Oc2nc(Nc3ccc(N4CCN(C(C)C)CC4)c(Cl)c3)ncc2C(=O)Nc2c(C)cccc2C)c(OC)c1. The zero-order valence-electron chi connectivity index (χ0n) is 27.5. The number of rotatable bonds is 11. The van der Waals surface area contributed by atoms with E-state index in [-0.39, 0.29) is 23.3 Å². The van der Waals surface area contributed by atoms with Gasteiger partial charge >= 0.3 is 0 Å². The molecule has 1 aliphatic rings. The van der Waals surface area contributed by atoms with Gasteiger partial charge in [0.2, 0.25) is 11.8 Å². The topological polar surface area (TPSA) is 91.9 Å². The molecule has 1 fully saturated rings. The maximum atomic E-state index is 13.6. The predicted octanol–water partition coefficient (Wildman–Crippen LogP) is 8.03. The van der Waals surface area contributed by atoms with Gasteiger partial charge in [0.1, 0.15) is 5.56 Å². The molecule has 1 saturated heterocycles. The van der Waals surface area contributed by atoms with Crippen LogP contribution in [0.5, 0.6) is 17.4 Å². The predicted molar refractivity (Wildman–Crippen MR) is 187 cm³/mol. The van der Waals surface area contributed by atoms with Crippen molar-refractivity contribution in [2.75, 3.05) is 48.8 Å². The molecule has 0 saturated carbocycles. The van der Waals surface area contributed by atoms with E-state index in [0.29, 0.717) is 22.6 Å². The molecular weight excluding hydrogens is 600 g/mol. The van der Waals surface area contributed by atoms with Gasteiger partial charge in [0.15, 0.2) is 11.5 Å². The molecule has 0 unspecified atom stereocenters. The number of hydrogen-bond acceptors (Lipinski definition) is 8. The molecule has 0 bridgehead atoms. The lowest BCUT2D eigenvalue weighted by Gasteiger charge is -2.38. The van der Waals surface area contributed by atoms with Crippen molar-refractivity contribution in [1.29, 1.82) is 0 Å². The van der Waals surface area contributed by atoms with Crippen molar-refractivity contribution in [3.63, 3.8) is 0 Å². The van der Waals surface area contributed by atoms with Crippen molar-refractivity contribution in [1.82, 2.24) is 14.9 Å². The van der Waals surface area contributed by atoms with Crippen molar-refractivity contribution < 1.29 is 14.3 Å². The molecule has 2 N–H and O–H groups in total. The number of aryl methyl sites for hydroxylation is 3. The molecule has 9 nitrogen and oxygen atoms in total. The van der Waals surface area contributed by atoms with Gasteiger partial charge in [-0.15, -0.1) is 0 Å². The number of methoxy groups -OCH3 is 1. The standard InChI is InChI=1S/C36H43ClN6O3/c1-7-9-26-12-15-31(32(20-26)45-6)46-35-28(34(44)40-33-24(4)10-8-11-25(33)5)22-38-36(41-35)39-27-13-14-30(29(37)21-27)43-18-16-42(17-19-43)23(2)3/h8,10-15,20-23H,7,9,16-19H2,1-6H3,(H,40,44)(H,38,39,41). The monoisotopic (exact) mass is 642 g/mol. The van der Waals surface area contributed by atoms with Crippen LogP contribution in [0.15, 0.2) is 60.8 Å². The van der Waals surface area contributed by atoms with Crippen molar-refractivity contribution in [3.8, 4) is 17.4 Å². The van der Waals surface area contributed by atoms with Crippen LogP contribution in [0, 0.1) is 13.8 Å². The van der Waals surface area contributed by atoms with E-state index in [1.54, 1.807) is 7.11 Å². The summed E-state index contributed by atoms with van der Waals surface area (Å²) >= 11 is 6.78. The molecule has 242 valence electrons. The molecule has 10 heteroatoms. The molecule has 0 spiro atoms. The largest absolute Gasteiger partial charge is 0.493 e. The summed E-state index contributed by atoms with van der Waals surface area (Å²) in [6.45, 7) is 14.3. The Balaban J connectivity index is 1.42. The van der Waals surface area contributed by atoms with Crippen LogP contribution in [0.25, 0.3) is 0 Å². The van der Waals surface area contributed by atoms with Gasteiger partial charge in [-0.05, 0) is 81.1 Å². The summed E-state index contributed by atoms with van der Waals surface area (Å²) < 4.78 is 11.9. The maximum Gasteiger partial charge on any atom is 0.262 e. The number of nitrogens with zero attached hydrogens (tertiary/aromatic N) is 4. The van der Waals surface area contributed by atoms with Gasteiger partial charge in [-0.2, -0.15) is 4.98 Å². The van der Waals surface area contributed by atoms with E-state index in [9.17, 15) is 4.79 Å². The van der Waals surface area contributed by atoms with Crippen LogP contribution in [0.4, 0.5) is 23.0 Å². The second kappa shape index (κ2) is 14.8. The first kappa shape index (κ1) is 33.0. The molecule has 4 aromatic rings. The first-order valence-electron chi connectivity index (χ1n) is 15.8. The Kier molecular flexibility index (Phi) is 10.7. The number of carbonyl (C=O) groups excluding carboxylic acids is 1. The van der Waals surface area contributed by atoms with Crippen LogP contribution in [-0.2, 0) is 6.42 Å². The van der Waals surface area contributed by atoms with Crippen LogP contribution < -0.4 is 25.0 Å².